The molecule has 1 saturated carbocycles. The molecule has 25 heavy (non-hydrogen) atoms. The molecule has 6 nitrogen and oxygen atoms in total. The van der Waals surface area contributed by atoms with E-state index in [4.69, 9.17) is 4.74 Å². The Morgan fingerprint density at radius 1 is 1.44 bits per heavy atom. The average Bonchev–Trinajstić information content (AvgIpc) is 3.01. The van der Waals surface area contributed by atoms with Gasteiger partial charge in [0.2, 0.25) is 17.7 Å². The number of fused-ring (bicyclic) bond motifs is 1. The van der Waals surface area contributed by atoms with Crippen LogP contribution in [0.15, 0.2) is 24.7 Å². The molecule has 2 aromatic heterocycles. The predicted octanol–water partition coefficient (Wildman–Crippen LogP) is 2.76. The summed E-state index contributed by atoms with van der Waals surface area (Å²) in [4.78, 5) is 22.7. The number of alkyl halides is 2. The van der Waals surface area contributed by atoms with Crippen molar-refractivity contribution in [3.8, 4) is 5.88 Å². The van der Waals surface area contributed by atoms with Crippen LogP contribution in [0.25, 0.3) is 11.0 Å². The number of nitrogens with zero attached hydrogens (tertiary/aromatic N) is 2. The average molecular weight is 350 g/mol. The lowest BCUT2D eigenvalue weighted by Crippen LogP contribution is -2.31. The molecule has 2 aromatic rings. The molecule has 0 saturated heterocycles. The molecule has 0 bridgehead atoms. The predicted molar refractivity (Wildman–Crippen MR) is 88.6 cm³/mol. The fraction of sp³-hybridized carbons (Fsp3) is 0.471. The molecule has 8 heteroatoms. The third kappa shape index (κ3) is 4.12. The van der Waals surface area contributed by atoms with E-state index < -0.39 is 5.92 Å². The van der Waals surface area contributed by atoms with Gasteiger partial charge in [-0.3, -0.25) is 4.79 Å². The number of rotatable bonds is 5. The zero-order valence-electron chi connectivity index (χ0n) is 13.9. The summed E-state index contributed by atoms with van der Waals surface area (Å²) in [5, 5.41) is 3.23. The monoisotopic (exact) mass is 350 g/mol. The zero-order valence-corrected chi connectivity index (χ0v) is 13.9. The molecular formula is C17H20F2N4O2. The van der Waals surface area contributed by atoms with Crippen molar-refractivity contribution in [1.29, 1.82) is 0 Å². The molecule has 0 atom stereocenters. The summed E-state index contributed by atoms with van der Waals surface area (Å²) in [6.07, 6.45) is 6.85. The highest BCUT2D eigenvalue weighted by Crippen LogP contribution is 2.35. The molecule has 0 aromatic carbocycles. The smallest absolute Gasteiger partial charge is 0.248 e. The highest BCUT2D eigenvalue weighted by atomic mass is 19.3. The van der Waals surface area contributed by atoms with Gasteiger partial charge in [0.25, 0.3) is 0 Å². The van der Waals surface area contributed by atoms with E-state index in [2.05, 4.69) is 20.3 Å². The number of nitrogens with one attached hydrogen (secondary N) is 2. The second-order valence-corrected chi connectivity index (χ2v) is 6.11. The van der Waals surface area contributed by atoms with Gasteiger partial charge in [-0.2, -0.15) is 0 Å². The highest BCUT2D eigenvalue weighted by Gasteiger charge is 2.36. The molecule has 1 amide bonds. The van der Waals surface area contributed by atoms with Crippen molar-refractivity contribution in [2.45, 2.75) is 44.1 Å². The Morgan fingerprint density at radius 2 is 2.20 bits per heavy atom. The zero-order chi connectivity index (χ0) is 17.9. The number of H-pyrrole nitrogens is 1. The van der Waals surface area contributed by atoms with E-state index in [9.17, 15) is 13.6 Å². The Balaban J connectivity index is 1.78. The normalized spacial score (nSPS) is 17.9. The van der Waals surface area contributed by atoms with Gasteiger partial charge in [0.15, 0.2) is 0 Å². The van der Waals surface area contributed by atoms with Gasteiger partial charge < -0.3 is 15.0 Å². The van der Waals surface area contributed by atoms with Crippen LogP contribution in [0.4, 0.5) is 8.78 Å². The van der Waals surface area contributed by atoms with Crippen molar-refractivity contribution in [1.82, 2.24) is 20.3 Å². The van der Waals surface area contributed by atoms with Crippen LogP contribution in [0.5, 0.6) is 5.88 Å². The third-order valence-electron chi connectivity index (χ3n) is 4.31. The number of allylic oxidation sites excluding steroid dienone is 1. The minimum Gasteiger partial charge on any atom is -0.474 e. The second-order valence-electron chi connectivity index (χ2n) is 6.11. The van der Waals surface area contributed by atoms with E-state index in [1.807, 2.05) is 0 Å². The first-order valence-corrected chi connectivity index (χ1v) is 8.22. The Morgan fingerprint density at radius 3 is 2.92 bits per heavy atom. The molecule has 2 N–H and O–H groups in total. The minimum atomic E-state index is -2.59. The summed E-state index contributed by atoms with van der Waals surface area (Å²) in [5.41, 5.74) is 1.50. The molecule has 1 aliphatic carbocycles. The SMILES string of the molecule is CNC(=O)C=CCc1c[nH]c2ncnc(OC3CCC(F)(F)CC3)c12. The van der Waals surface area contributed by atoms with Crippen LogP contribution < -0.4 is 10.1 Å². The maximum Gasteiger partial charge on any atom is 0.248 e. The number of carbonyl (C=O) groups excluding carboxylic acids is 1. The summed E-state index contributed by atoms with van der Waals surface area (Å²) >= 11 is 0. The first-order chi connectivity index (χ1) is 12.0. The number of hydrogen-bond donors (Lipinski definition) is 2. The van der Waals surface area contributed by atoms with E-state index in [0.29, 0.717) is 30.8 Å². The summed E-state index contributed by atoms with van der Waals surface area (Å²) in [6, 6.07) is 0. The van der Waals surface area contributed by atoms with E-state index in [0.717, 1.165) is 10.9 Å². The Hall–Kier alpha value is -2.51. The van der Waals surface area contributed by atoms with Gasteiger partial charge in [-0.1, -0.05) is 6.08 Å². The van der Waals surface area contributed by atoms with Crippen molar-refractivity contribution >= 4 is 16.9 Å². The van der Waals surface area contributed by atoms with E-state index in [-0.39, 0.29) is 24.9 Å². The molecule has 2 heterocycles. The number of amides is 1. The van der Waals surface area contributed by atoms with Gasteiger partial charge >= 0.3 is 0 Å². The van der Waals surface area contributed by atoms with Crippen LogP contribution >= 0.6 is 0 Å². The number of carbonyl (C=O) groups is 1. The molecule has 0 aliphatic heterocycles. The Bertz CT molecular complexity index is 778. The molecule has 0 unspecified atom stereocenters. The first-order valence-electron chi connectivity index (χ1n) is 8.22. The lowest BCUT2D eigenvalue weighted by atomic mass is 9.94. The van der Waals surface area contributed by atoms with E-state index in [1.54, 1.807) is 19.3 Å². The first kappa shape index (κ1) is 17.3. The number of aromatic nitrogens is 3. The Kier molecular flexibility index (Phi) is 4.96. The van der Waals surface area contributed by atoms with Crippen LogP contribution in [-0.2, 0) is 11.2 Å². The molecule has 0 radical (unpaired) electrons. The van der Waals surface area contributed by atoms with Crippen LogP contribution in [0.1, 0.15) is 31.2 Å². The quantitative estimate of drug-likeness (QED) is 0.813. The second kappa shape index (κ2) is 7.16. The number of ether oxygens (including phenoxy) is 1. The topological polar surface area (TPSA) is 79.9 Å². The Labute approximate surface area is 143 Å². The lowest BCUT2D eigenvalue weighted by Gasteiger charge is -2.28. The van der Waals surface area contributed by atoms with Gasteiger partial charge in [-0.15, -0.1) is 0 Å². The molecule has 0 spiro atoms. The summed E-state index contributed by atoms with van der Waals surface area (Å²) in [7, 11) is 1.56. The summed E-state index contributed by atoms with van der Waals surface area (Å²) < 4.78 is 32.5. The van der Waals surface area contributed by atoms with Gasteiger partial charge in [0.1, 0.15) is 18.1 Å². The van der Waals surface area contributed by atoms with Crippen LogP contribution in [0, 0.1) is 0 Å². The molecule has 1 aliphatic rings. The number of hydrogen-bond acceptors (Lipinski definition) is 4. The molecule has 3 rings (SSSR count). The fourth-order valence-corrected chi connectivity index (χ4v) is 2.91. The number of likely N-dealkylation sites (N-methyl/N-ethyl adjacent to an activating group) is 1. The molecular weight excluding hydrogens is 330 g/mol. The van der Waals surface area contributed by atoms with Crippen molar-refractivity contribution < 1.29 is 18.3 Å². The largest absolute Gasteiger partial charge is 0.474 e. The van der Waals surface area contributed by atoms with Gasteiger partial charge in [0.05, 0.1) is 5.39 Å². The van der Waals surface area contributed by atoms with Gasteiger partial charge in [-0.05, 0) is 30.9 Å². The van der Waals surface area contributed by atoms with E-state index >= 15 is 0 Å². The molecule has 134 valence electrons. The van der Waals surface area contributed by atoms with Crippen LogP contribution in [-0.4, -0.2) is 39.9 Å². The van der Waals surface area contributed by atoms with Crippen molar-refractivity contribution in [3.05, 3.63) is 30.2 Å². The van der Waals surface area contributed by atoms with Gasteiger partial charge in [0, 0.05) is 26.1 Å². The standard InChI is InChI=1S/C17H20F2N4O2/c1-20-13(24)4-2-3-11-9-21-15-14(11)16(23-10-22-15)25-12-5-7-17(18,19)8-6-12/h2,4,9-10,12H,3,5-8H2,1H3,(H,20,24)(H,21,22,23). The minimum absolute atomic E-state index is 0.166. The number of halogens is 2. The van der Waals surface area contributed by atoms with Crippen molar-refractivity contribution in [3.63, 3.8) is 0 Å². The lowest BCUT2D eigenvalue weighted by molar-refractivity contribution is -0.116. The third-order valence-corrected chi connectivity index (χ3v) is 4.31. The van der Waals surface area contributed by atoms with Crippen molar-refractivity contribution in [2.75, 3.05) is 7.05 Å². The van der Waals surface area contributed by atoms with Crippen molar-refractivity contribution in [2.24, 2.45) is 0 Å². The number of aromatic amines is 1. The maximum absolute atomic E-state index is 13.3. The highest BCUT2D eigenvalue weighted by molar-refractivity contribution is 5.88. The van der Waals surface area contributed by atoms with Gasteiger partial charge in [-0.25, -0.2) is 18.7 Å². The van der Waals surface area contributed by atoms with E-state index in [1.165, 1.54) is 12.4 Å². The summed E-state index contributed by atoms with van der Waals surface area (Å²) in [6.45, 7) is 0. The fourth-order valence-electron chi connectivity index (χ4n) is 2.91. The van der Waals surface area contributed by atoms with Crippen LogP contribution in [0.3, 0.4) is 0 Å². The van der Waals surface area contributed by atoms with Crippen LogP contribution in [0.2, 0.25) is 0 Å². The molecule has 1 fully saturated rings. The summed E-state index contributed by atoms with van der Waals surface area (Å²) in [5.74, 6) is -2.38. The maximum atomic E-state index is 13.3.